The lowest BCUT2D eigenvalue weighted by Gasteiger charge is -2.32. The van der Waals surface area contributed by atoms with Gasteiger partial charge in [-0.05, 0) is 74.2 Å². The van der Waals surface area contributed by atoms with Gasteiger partial charge in [0.2, 0.25) is 0 Å². The molecule has 1 aliphatic rings. The van der Waals surface area contributed by atoms with E-state index in [1.54, 1.807) is 29.2 Å². The van der Waals surface area contributed by atoms with E-state index in [2.05, 4.69) is 5.32 Å². The summed E-state index contributed by atoms with van der Waals surface area (Å²) in [4.78, 5) is 26.3. The van der Waals surface area contributed by atoms with Crippen molar-refractivity contribution < 1.29 is 19.1 Å². The van der Waals surface area contributed by atoms with Gasteiger partial charge < -0.3 is 19.7 Å². The molecule has 2 aromatic rings. The van der Waals surface area contributed by atoms with E-state index >= 15 is 0 Å². The summed E-state index contributed by atoms with van der Waals surface area (Å²) in [5, 5.41) is 3.61. The van der Waals surface area contributed by atoms with Crippen molar-refractivity contribution in [3.63, 3.8) is 0 Å². The van der Waals surface area contributed by atoms with E-state index in [0.717, 1.165) is 5.56 Å². The zero-order valence-corrected chi connectivity index (χ0v) is 18.1. The second-order valence-corrected chi connectivity index (χ2v) is 7.94. The summed E-state index contributed by atoms with van der Waals surface area (Å²) >= 11 is 5.84. The Bertz CT molecular complexity index is 877. The lowest BCUT2D eigenvalue weighted by atomic mass is 10.1. The monoisotopic (exact) mass is 430 g/mol. The molecule has 7 heteroatoms. The largest absolute Gasteiger partial charge is 0.484 e. The molecule has 0 atom stereocenters. The van der Waals surface area contributed by atoms with Crippen molar-refractivity contribution in [2.45, 2.75) is 32.7 Å². The van der Waals surface area contributed by atoms with E-state index in [0.29, 0.717) is 42.5 Å². The number of hydrogen-bond acceptors (Lipinski definition) is 4. The number of amides is 2. The summed E-state index contributed by atoms with van der Waals surface area (Å²) in [6, 6.07) is 12.7. The first-order valence-electron chi connectivity index (χ1n) is 10.1. The first kappa shape index (κ1) is 22.0. The van der Waals surface area contributed by atoms with Gasteiger partial charge in [-0.2, -0.15) is 0 Å². The third-order valence-electron chi connectivity index (χ3n) is 5.24. The Morgan fingerprint density at radius 2 is 1.60 bits per heavy atom. The van der Waals surface area contributed by atoms with Crippen LogP contribution in [0.2, 0.25) is 5.02 Å². The van der Waals surface area contributed by atoms with Gasteiger partial charge in [0.1, 0.15) is 11.5 Å². The van der Waals surface area contributed by atoms with Gasteiger partial charge in [-0.15, -0.1) is 0 Å². The first-order valence-corrected chi connectivity index (χ1v) is 10.4. The number of aryl methyl sites for hydroxylation is 2. The summed E-state index contributed by atoms with van der Waals surface area (Å²) in [7, 11) is 0. The quantitative estimate of drug-likeness (QED) is 0.729. The lowest BCUT2D eigenvalue weighted by Crippen LogP contribution is -2.48. The molecular weight excluding hydrogens is 404 g/mol. The predicted octanol–water partition coefficient (Wildman–Crippen LogP) is 3.52. The standard InChI is InChI=1S/C23H27ClN2O4/c1-16-3-6-21(13-17(16)2)29-14-22(27)25-19-9-11-26(12-10-19)23(28)15-30-20-7-4-18(24)5-8-20/h3-8,13,19H,9-12,14-15H2,1-2H3,(H,25,27). The first-order chi connectivity index (χ1) is 14.4. The number of nitrogens with one attached hydrogen (secondary N) is 1. The molecule has 0 saturated carbocycles. The number of benzene rings is 2. The maximum atomic E-state index is 12.3. The number of halogens is 1. The number of rotatable bonds is 7. The topological polar surface area (TPSA) is 67.9 Å². The Balaban J connectivity index is 1.36. The van der Waals surface area contributed by atoms with Crippen molar-refractivity contribution in [2.75, 3.05) is 26.3 Å². The maximum Gasteiger partial charge on any atom is 0.260 e. The van der Waals surface area contributed by atoms with Crippen molar-refractivity contribution in [2.24, 2.45) is 0 Å². The molecule has 1 saturated heterocycles. The minimum Gasteiger partial charge on any atom is -0.484 e. The van der Waals surface area contributed by atoms with Crippen molar-refractivity contribution in [1.29, 1.82) is 0 Å². The highest BCUT2D eigenvalue weighted by molar-refractivity contribution is 6.30. The fourth-order valence-corrected chi connectivity index (χ4v) is 3.39. The van der Waals surface area contributed by atoms with Gasteiger partial charge >= 0.3 is 0 Å². The molecule has 0 aromatic heterocycles. The Morgan fingerprint density at radius 3 is 2.27 bits per heavy atom. The van der Waals surface area contributed by atoms with E-state index in [4.69, 9.17) is 21.1 Å². The minimum atomic E-state index is -0.149. The van der Waals surface area contributed by atoms with Crippen LogP contribution in [0.4, 0.5) is 0 Å². The molecule has 1 fully saturated rings. The summed E-state index contributed by atoms with van der Waals surface area (Å²) in [5.41, 5.74) is 2.32. The molecule has 0 aliphatic carbocycles. The van der Waals surface area contributed by atoms with Crippen LogP contribution in [-0.4, -0.2) is 49.1 Å². The van der Waals surface area contributed by atoms with E-state index in [9.17, 15) is 9.59 Å². The SMILES string of the molecule is Cc1ccc(OCC(=O)NC2CCN(C(=O)COc3ccc(Cl)cc3)CC2)cc1C. The smallest absolute Gasteiger partial charge is 0.260 e. The maximum absolute atomic E-state index is 12.3. The number of ether oxygens (including phenoxy) is 2. The third kappa shape index (κ3) is 6.39. The summed E-state index contributed by atoms with van der Waals surface area (Å²) < 4.78 is 11.1. The number of piperidine rings is 1. The molecule has 2 aromatic carbocycles. The van der Waals surface area contributed by atoms with Crippen LogP contribution in [0, 0.1) is 13.8 Å². The Hall–Kier alpha value is -2.73. The predicted molar refractivity (Wildman–Crippen MR) is 116 cm³/mol. The molecule has 1 N–H and O–H groups in total. The molecule has 0 bridgehead atoms. The number of carbonyl (C=O) groups is 2. The van der Waals surface area contributed by atoms with E-state index < -0.39 is 0 Å². The van der Waals surface area contributed by atoms with E-state index in [-0.39, 0.29) is 31.1 Å². The highest BCUT2D eigenvalue weighted by Crippen LogP contribution is 2.17. The van der Waals surface area contributed by atoms with Crippen LogP contribution in [0.1, 0.15) is 24.0 Å². The Labute approximate surface area is 182 Å². The second-order valence-electron chi connectivity index (χ2n) is 7.50. The molecule has 2 amide bonds. The zero-order valence-electron chi connectivity index (χ0n) is 17.3. The Kier molecular flexibility index (Phi) is 7.57. The van der Waals surface area contributed by atoms with Gasteiger partial charge in [-0.25, -0.2) is 0 Å². The van der Waals surface area contributed by atoms with Crippen LogP contribution in [0.5, 0.6) is 11.5 Å². The molecule has 0 unspecified atom stereocenters. The molecule has 6 nitrogen and oxygen atoms in total. The minimum absolute atomic E-state index is 0.0114. The number of likely N-dealkylation sites (tertiary alicyclic amines) is 1. The van der Waals surface area contributed by atoms with Gasteiger partial charge in [-0.3, -0.25) is 9.59 Å². The summed E-state index contributed by atoms with van der Waals surface area (Å²) in [5.74, 6) is 1.09. The van der Waals surface area contributed by atoms with Gasteiger partial charge in [0.15, 0.2) is 13.2 Å². The van der Waals surface area contributed by atoms with Gasteiger partial charge in [0.05, 0.1) is 0 Å². The van der Waals surface area contributed by atoms with Crippen molar-refractivity contribution in [3.8, 4) is 11.5 Å². The number of carbonyl (C=O) groups excluding carboxylic acids is 2. The molecule has 1 aliphatic heterocycles. The fraction of sp³-hybridized carbons (Fsp3) is 0.391. The van der Waals surface area contributed by atoms with Crippen molar-refractivity contribution >= 4 is 23.4 Å². The second kappa shape index (κ2) is 10.3. The highest BCUT2D eigenvalue weighted by atomic mass is 35.5. The number of nitrogens with zero attached hydrogens (tertiary/aromatic N) is 1. The molecular formula is C23H27ClN2O4. The molecule has 0 radical (unpaired) electrons. The van der Waals surface area contributed by atoms with Crippen LogP contribution in [0.3, 0.4) is 0 Å². The lowest BCUT2D eigenvalue weighted by molar-refractivity contribution is -0.134. The van der Waals surface area contributed by atoms with E-state index in [1.807, 2.05) is 32.0 Å². The molecule has 30 heavy (non-hydrogen) atoms. The zero-order chi connectivity index (χ0) is 21.5. The summed E-state index contributed by atoms with van der Waals surface area (Å²) in [6.45, 7) is 5.20. The number of hydrogen-bond donors (Lipinski definition) is 1. The average Bonchev–Trinajstić information content (AvgIpc) is 2.74. The van der Waals surface area contributed by atoms with Crippen LogP contribution in [-0.2, 0) is 9.59 Å². The fourth-order valence-electron chi connectivity index (χ4n) is 3.26. The van der Waals surface area contributed by atoms with Gasteiger partial charge in [0.25, 0.3) is 11.8 Å². The van der Waals surface area contributed by atoms with Crippen molar-refractivity contribution in [3.05, 3.63) is 58.6 Å². The average molecular weight is 431 g/mol. The van der Waals surface area contributed by atoms with Crippen LogP contribution in [0.15, 0.2) is 42.5 Å². The molecule has 160 valence electrons. The van der Waals surface area contributed by atoms with Crippen LogP contribution in [0.25, 0.3) is 0 Å². The van der Waals surface area contributed by atoms with Crippen LogP contribution < -0.4 is 14.8 Å². The summed E-state index contributed by atoms with van der Waals surface area (Å²) in [6.07, 6.45) is 1.42. The molecule has 3 rings (SSSR count). The third-order valence-corrected chi connectivity index (χ3v) is 5.49. The van der Waals surface area contributed by atoms with Crippen LogP contribution >= 0.6 is 11.6 Å². The normalized spacial score (nSPS) is 14.3. The molecule has 0 spiro atoms. The van der Waals surface area contributed by atoms with E-state index in [1.165, 1.54) is 5.56 Å². The van der Waals surface area contributed by atoms with Gasteiger partial charge in [-0.1, -0.05) is 17.7 Å². The Morgan fingerprint density at radius 1 is 0.967 bits per heavy atom. The highest BCUT2D eigenvalue weighted by Gasteiger charge is 2.24. The van der Waals surface area contributed by atoms with Gasteiger partial charge in [0, 0.05) is 24.2 Å². The van der Waals surface area contributed by atoms with Crippen molar-refractivity contribution in [1.82, 2.24) is 10.2 Å². The molecule has 1 heterocycles.